The van der Waals surface area contributed by atoms with Crippen LogP contribution in [-0.2, 0) is 0 Å². The summed E-state index contributed by atoms with van der Waals surface area (Å²) in [7, 11) is 2.26. The van der Waals surface area contributed by atoms with E-state index in [4.69, 9.17) is 5.73 Å². The van der Waals surface area contributed by atoms with Crippen LogP contribution in [0.4, 0.5) is 5.82 Å². The zero-order valence-corrected chi connectivity index (χ0v) is 11.5. The lowest BCUT2D eigenvalue weighted by molar-refractivity contribution is 0.159. The molecule has 0 aliphatic carbocycles. The molecule has 0 amide bonds. The van der Waals surface area contributed by atoms with Crippen molar-refractivity contribution in [1.29, 1.82) is 0 Å². The van der Waals surface area contributed by atoms with E-state index in [1.54, 1.807) is 0 Å². The first-order valence-corrected chi connectivity index (χ1v) is 6.88. The molecule has 2 unspecified atom stereocenters. The van der Waals surface area contributed by atoms with Crippen LogP contribution in [0, 0.1) is 13.8 Å². The molecule has 1 aromatic rings. The zero-order chi connectivity index (χ0) is 12.9. The van der Waals surface area contributed by atoms with Gasteiger partial charge in [0.15, 0.2) is 0 Å². The van der Waals surface area contributed by atoms with Crippen molar-refractivity contribution in [3.05, 3.63) is 17.1 Å². The molecule has 2 aliphatic rings. The highest BCUT2D eigenvalue weighted by molar-refractivity contribution is 5.41. The highest BCUT2D eigenvalue weighted by Crippen LogP contribution is 2.41. The Morgan fingerprint density at radius 3 is 2.28 bits per heavy atom. The Bertz CT molecular complexity index is 434. The number of nitrogens with two attached hydrogens (primary N) is 1. The average Bonchev–Trinajstić information content (AvgIpc) is 2.57. The van der Waals surface area contributed by atoms with Gasteiger partial charge in [-0.3, -0.25) is 0 Å². The third-order valence-electron chi connectivity index (χ3n) is 4.91. The number of aromatic nitrogens is 2. The smallest absolute Gasteiger partial charge is 0.134 e. The van der Waals surface area contributed by atoms with Crippen molar-refractivity contribution in [3.63, 3.8) is 0 Å². The van der Waals surface area contributed by atoms with Crippen LogP contribution < -0.4 is 5.73 Å². The van der Waals surface area contributed by atoms with Crippen LogP contribution in [0.25, 0.3) is 0 Å². The minimum Gasteiger partial charge on any atom is -0.383 e. The molecular weight excluding hydrogens is 224 g/mol. The third kappa shape index (κ3) is 1.79. The molecule has 1 aromatic heterocycles. The van der Waals surface area contributed by atoms with E-state index in [0.717, 1.165) is 29.2 Å². The maximum absolute atomic E-state index is 5.98. The van der Waals surface area contributed by atoms with Crippen LogP contribution in [0.15, 0.2) is 0 Å². The largest absolute Gasteiger partial charge is 0.383 e. The van der Waals surface area contributed by atoms with E-state index in [0.29, 0.717) is 11.7 Å². The van der Waals surface area contributed by atoms with Crippen LogP contribution in [-0.4, -0.2) is 34.0 Å². The van der Waals surface area contributed by atoms with Gasteiger partial charge in [-0.2, -0.15) is 0 Å². The lowest BCUT2D eigenvalue weighted by Gasteiger charge is -2.35. The molecule has 2 bridgehead atoms. The number of nitrogen functional groups attached to an aromatic ring is 1. The number of fused-ring (bicyclic) bond motifs is 2. The van der Waals surface area contributed by atoms with Gasteiger partial charge >= 0.3 is 0 Å². The topological polar surface area (TPSA) is 55.0 Å². The van der Waals surface area contributed by atoms with Crippen molar-refractivity contribution >= 4 is 5.82 Å². The maximum atomic E-state index is 5.98. The van der Waals surface area contributed by atoms with Gasteiger partial charge in [0.05, 0.1) is 0 Å². The summed E-state index contributed by atoms with van der Waals surface area (Å²) in [5.41, 5.74) is 8.03. The first-order valence-electron chi connectivity index (χ1n) is 6.88. The Hall–Kier alpha value is -1.16. The Morgan fingerprint density at radius 2 is 1.72 bits per heavy atom. The van der Waals surface area contributed by atoms with Crippen LogP contribution in [0.5, 0.6) is 0 Å². The fraction of sp³-hybridized carbons (Fsp3) is 0.714. The van der Waals surface area contributed by atoms with Crippen molar-refractivity contribution in [1.82, 2.24) is 14.9 Å². The molecule has 2 fully saturated rings. The van der Waals surface area contributed by atoms with Gasteiger partial charge in [0, 0.05) is 29.3 Å². The second-order valence-corrected chi connectivity index (χ2v) is 5.90. The minimum atomic E-state index is 0.500. The summed E-state index contributed by atoms with van der Waals surface area (Å²) in [6.07, 6.45) is 5.04. The third-order valence-corrected chi connectivity index (χ3v) is 4.91. The standard InChI is InChI=1S/C14H22N4/c1-8-9(2)16-14(17-13(8)15)10-6-11-4-5-12(7-10)18(11)3/h10-12H,4-7H2,1-3H3,(H2,15,16,17). The number of hydrogen-bond donors (Lipinski definition) is 1. The molecule has 18 heavy (non-hydrogen) atoms. The van der Waals surface area contributed by atoms with E-state index in [9.17, 15) is 0 Å². The van der Waals surface area contributed by atoms with Crippen molar-refractivity contribution in [2.45, 2.75) is 57.5 Å². The Balaban J connectivity index is 1.88. The van der Waals surface area contributed by atoms with Gasteiger partial charge in [0.2, 0.25) is 0 Å². The lowest BCUT2D eigenvalue weighted by atomic mass is 9.90. The summed E-state index contributed by atoms with van der Waals surface area (Å²) in [6, 6.07) is 1.44. The van der Waals surface area contributed by atoms with Crippen molar-refractivity contribution < 1.29 is 0 Å². The number of nitrogens with zero attached hydrogens (tertiary/aromatic N) is 3. The van der Waals surface area contributed by atoms with E-state index >= 15 is 0 Å². The molecule has 4 nitrogen and oxygen atoms in total. The predicted molar refractivity (Wildman–Crippen MR) is 72.5 cm³/mol. The SMILES string of the molecule is Cc1nc(C2CC3CCC(C2)N3C)nc(N)c1C. The molecule has 3 rings (SSSR count). The van der Waals surface area contributed by atoms with Crippen LogP contribution in [0.1, 0.15) is 48.7 Å². The fourth-order valence-electron chi connectivity index (χ4n) is 3.48. The molecule has 2 aliphatic heterocycles. The minimum absolute atomic E-state index is 0.500. The summed E-state index contributed by atoms with van der Waals surface area (Å²) in [5, 5.41) is 0. The molecule has 4 heteroatoms. The second-order valence-electron chi connectivity index (χ2n) is 5.90. The Morgan fingerprint density at radius 1 is 1.11 bits per heavy atom. The molecule has 0 spiro atoms. The van der Waals surface area contributed by atoms with Gasteiger partial charge in [0.1, 0.15) is 11.6 Å². The Kier molecular flexibility index (Phi) is 2.77. The Labute approximate surface area is 109 Å². The first kappa shape index (κ1) is 11.9. The van der Waals surface area contributed by atoms with E-state index in [2.05, 4.69) is 21.9 Å². The maximum Gasteiger partial charge on any atom is 0.134 e. The molecule has 3 heterocycles. The predicted octanol–water partition coefficient (Wildman–Crippen LogP) is 2.02. The van der Waals surface area contributed by atoms with Gasteiger partial charge in [-0.05, 0) is 46.6 Å². The van der Waals surface area contributed by atoms with Gasteiger partial charge in [-0.25, -0.2) is 9.97 Å². The summed E-state index contributed by atoms with van der Waals surface area (Å²) in [6.45, 7) is 4.02. The van der Waals surface area contributed by atoms with Crippen LogP contribution in [0.2, 0.25) is 0 Å². The number of rotatable bonds is 1. The number of hydrogen-bond acceptors (Lipinski definition) is 4. The number of piperidine rings is 1. The highest BCUT2D eigenvalue weighted by atomic mass is 15.2. The molecule has 0 saturated carbocycles. The molecule has 2 saturated heterocycles. The van der Waals surface area contributed by atoms with Crippen LogP contribution in [0.3, 0.4) is 0 Å². The monoisotopic (exact) mass is 246 g/mol. The zero-order valence-electron chi connectivity index (χ0n) is 11.5. The molecule has 98 valence electrons. The molecule has 0 aromatic carbocycles. The van der Waals surface area contributed by atoms with Gasteiger partial charge < -0.3 is 10.6 Å². The van der Waals surface area contributed by atoms with E-state index in [1.165, 1.54) is 25.7 Å². The highest BCUT2D eigenvalue weighted by Gasteiger charge is 2.39. The van der Waals surface area contributed by atoms with Crippen molar-refractivity contribution in [2.75, 3.05) is 12.8 Å². The van der Waals surface area contributed by atoms with Gasteiger partial charge in [-0.15, -0.1) is 0 Å². The quantitative estimate of drug-likeness (QED) is 0.823. The van der Waals surface area contributed by atoms with E-state index in [-0.39, 0.29) is 0 Å². The first-order chi connectivity index (χ1) is 8.56. The summed E-state index contributed by atoms with van der Waals surface area (Å²) in [5.74, 6) is 2.13. The molecular formula is C14H22N4. The second kappa shape index (κ2) is 4.19. The number of anilines is 1. The summed E-state index contributed by atoms with van der Waals surface area (Å²) < 4.78 is 0. The average molecular weight is 246 g/mol. The fourth-order valence-corrected chi connectivity index (χ4v) is 3.48. The van der Waals surface area contributed by atoms with Crippen molar-refractivity contribution in [3.8, 4) is 0 Å². The number of aryl methyl sites for hydroxylation is 1. The normalized spacial score (nSPS) is 31.8. The summed E-state index contributed by atoms with van der Waals surface area (Å²) >= 11 is 0. The molecule has 2 atom stereocenters. The van der Waals surface area contributed by atoms with Gasteiger partial charge in [-0.1, -0.05) is 0 Å². The van der Waals surface area contributed by atoms with Gasteiger partial charge in [0.25, 0.3) is 0 Å². The molecule has 0 radical (unpaired) electrons. The van der Waals surface area contributed by atoms with Crippen LogP contribution >= 0.6 is 0 Å². The van der Waals surface area contributed by atoms with Crippen molar-refractivity contribution in [2.24, 2.45) is 0 Å². The molecule has 2 N–H and O–H groups in total. The van der Waals surface area contributed by atoms with E-state index < -0.39 is 0 Å². The van der Waals surface area contributed by atoms with E-state index in [1.807, 2.05) is 13.8 Å². The summed E-state index contributed by atoms with van der Waals surface area (Å²) in [4.78, 5) is 11.7. The lowest BCUT2D eigenvalue weighted by Crippen LogP contribution is -2.39.